The summed E-state index contributed by atoms with van der Waals surface area (Å²) in [5.41, 5.74) is 3.15. The Balaban J connectivity index is 2.39. The van der Waals surface area contributed by atoms with E-state index in [-0.39, 0.29) is 6.04 Å². The molecule has 2 aromatic carbocycles. The number of carbonyl (C=O) groups excluding carboxylic acids is 1. The average molecular weight is 313 g/mol. The van der Waals surface area contributed by atoms with Crippen LogP contribution in [0.15, 0.2) is 54.6 Å². The smallest absolute Gasteiger partial charge is 0.337 e. The second-order valence-electron chi connectivity index (χ2n) is 5.22. The molecule has 0 radical (unpaired) electrons. The Bertz CT molecular complexity index is 628. The predicted octanol–water partition coefficient (Wildman–Crippen LogP) is 3.59. The fourth-order valence-electron chi connectivity index (χ4n) is 2.62. The molecule has 0 amide bonds. The zero-order chi connectivity index (χ0) is 16.7. The third kappa shape index (κ3) is 4.11. The molecule has 23 heavy (non-hydrogen) atoms. The summed E-state index contributed by atoms with van der Waals surface area (Å²) in [6.45, 7) is 2.10. The molecule has 122 valence electrons. The lowest BCUT2D eigenvalue weighted by atomic mass is 9.99. The number of benzene rings is 2. The molecule has 0 saturated heterocycles. The second-order valence-corrected chi connectivity index (χ2v) is 5.22. The van der Waals surface area contributed by atoms with Crippen LogP contribution in [0.1, 0.15) is 24.1 Å². The lowest BCUT2D eigenvalue weighted by molar-refractivity contribution is -0.153. The van der Waals surface area contributed by atoms with Crippen molar-refractivity contribution < 1.29 is 14.3 Å². The number of esters is 1. The van der Waals surface area contributed by atoms with Gasteiger partial charge in [0.1, 0.15) is 0 Å². The third-order valence-electron chi connectivity index (χ3n) is 3.86. The van der Waals surface area contributed by atoms with Gasteiger partial charge in [-0.2, -0.15) is 0 Å². The van der Waals surface area contributed by atoms with Gasteiger partial charge in [0.25, 0.3) is 0 Å². The third-order valence-corrected chi connectivity index (χ3v) is 3.86. The van der Waals surface area contributed by atoms with Crippen LogP contribution in [0.5, 0.6) is 0 Å². The van der Waals surface area contributed by atoms with Gasteiger partial charge in [0, 0.05) is 12.8 Å². The minimum absolute atomic E-state index is 0.332. The van der Waals surface area contributed by atoms with Crippen LogP contribution < -0.4 is 5.32 Å². The highest BCUT2D eigenvalue weighted by molar-refractivity contribution is 5.76. The maximum atomic E-state index is 12.1. The van der Waals surface area contributed by atoms with E-state index in [4.69, 9.17) is 9.47 Å². The summed E-state index contributed by atoms with van der Waals surface area (Å²) < 4.78 is 10.3. The van der Waals surface area contributed by atoms with E-state index >= 15 is 0 Å². The SMILES string of the molecule is CCc1ccccc1N[C@@H](c1ccccc1)[C@H](OC)C(=O)OC. The number of aryl methyl sites for hydroxylation is 1. The van der Waals surface area contributed by atoms with Crippen molar-refractivity contribution in [2.24, 2.45) is 0 Å². The number of rotatable bonds is 7. The number of anilines is 1. The van der Waals surface area contributed by atoms with E-state index < -0.39 is 12.1 Å². The van der Waals surface area contributed by atoms with Gasteiger partial charge in [0.15, 0.2) is 6.10 Å². The number of carbonyl (C=O) groups is 1. The van der Waals surface area contributed by atoms with Gasteiger partial charge in [0.05, 0.1) is 13.2 Å². The molecule has 2 aromatic rings. The molecular weight excluding hydrogens is 290 g/mol. The fourth-order valence-corrected chi connectivity index (χ4v) is 2.62. The van der Waals surface area contributed by atoms with E-state index in [0.29, 0.717) is 0 Å². The van der Waals surface area contributed by atoms with Gasteiger partial charge in [-0.25, -0.2) is 4.79 Å². The van der Waals surface area contributed by atoms with E-state index in [1.54, 1.807) is 0 Å². The van der Waals surface area contributed by atoms with Crippen molar-refractivity contribution in [2.75, 3.05) is 19.5 Å². The van der Waals surface area contributed by atoms with Gasteiger partial charge in [0.2, 0.25) is 0 Å². The molecule has 0 aliphatic heterocycles. The van der Waals surface area contributed by atoms with Gasteiger partial charge in [-0.3, -0.25) is 0 Å². The first-order valence-electron chi connectivity index (χ1n) is 7.71. The molecular formula is C19H23NO3. The highest BCUT2D eigenvalue weighted by Crippen LogP contribution is 2.27. The Morgan fingerprint density at radius 3 is 2.30 bits per heavy atom. The Labute approximate surface area is 137 Å². The highest BCUT2D eigenvalue weighted by Gasteiger charge is 2.30. The molecule has 4 heteroatoms. The van der Waals surface area contributed by atoms with Crippen LogP contribution in [-0.4, -0.2) is 26.3 Å². The lowest BCUT2D eigenvalue weighted by Gasteiger charge is -2.27. The summed E-state index contributed by atoms with van der Waals surface area (Å²) in [6.07, 6.45) is 0.174. The Morgan fingerprint density at radius 1 is 1.04 bits per heavy atom. The first-order chi connectivity index (χ1) is 11.2. The summed E-state index contributed by atoms with van der Waals surface area (Å²) in [5.74, 6) is -0.400. The quantitative estimate of drug-likeness (QED) is 0.794. The van der Waals surface area contributed by atoms with E-state index in [9.17, 15) is 4.79 Å². The van der Waals surface area contributed by atoms with Crippen LogP contribution in [0, 0.1) is 0 Å². The Kier molecular flexibility index (Phi) is 6.18. The maximum Gasteiger partial charge on any atom is 0.337 e. The first kappa shape index (κ1) is 17.0. The first-order valence-corrected chi connectivity index (χ1v) is 7.71. The number of methoxy groups -OCH3 is 2. The van der Waals surface area contributed by atoms with Gasteiger partial charge in [-0.05, 0) is 23.6 Å². The predicted molar refractivity (Wildman–Crippen MR) is 91.4 cm³/mol. The van der Waals surface area contributed by atoms with Crippen molar-refractivity contribution in [1.29, 1.82) is 0 Å². The molecule has 0 spiro atoms. The van der Waals surface area contributed by atoms with Crippen LogP contribution in [0.2, 0.25) is 0 Å². The molecule has 0 aliphatic carbocycles. The van der Waals surface area contributed by atoms with Gasteiger partial charge in [-0.15, -0.1) is 0 Å². The summed E-state index contributed by atoms with van der Waals surface area (Å²) in [4.78, 5) is 12.1. The van der Waals surface area contributed by atoms with Crippen molar-refractivity contribution in [3.8, 4) is 0 Å². The summed E-state index contributed by atoms with van der Waals surface area (Å²) in [7, 11) is 2.89. The van der Waals surface area contributed by atoms with Crippen molar-refractivity contribution in [1.82, 2.24) is 0 Å². The van der Waals surface area contributed by atoms with Gasteiger partial charge >= 0.3 is 5.97 Å². The molecule has 0 unspecified atom stereocenters. The summed E-state index contributed by atoms with van der Waals surface area (Å²) >= 11 is 0. The van der Waals surface area contributed by atoms with Crippen molar-refractivity contribution in [2.45, 2.75) is 25.5 Å². The number of nitrogens with one attached hydrogen (secondary N) is 1. The number of para-hydroxylation sites is 1. The molecule has 2 atom stereocenters. The molecule has 0 heterocycles. The largest absolute Gasteiger partial charge is 0.467 e. The fraction of sp³-hybridized carbons (Fsp3) is 0.316. The van der Waals surface area contributed by atoms with Gasteiger partial charge in [-0.1, -0.05) is 55.5 Å². The van der Waals surface area contributed by atoms with E-state index in [0.717, 1.165) is 17.7 Å². The molecule has 4 nitrogen and oxygen atoms in total. The van der Waals surface area contributed by atoms with Crippen LogP contribution in [0.4, 0.5) is 5.69 Å². The van der Waals surface area contributed by atoms with Crippen molar-refractivity contribution >= 4 is 11.7 Å². The second kappa shape index (κ2) is 8.34. The van der Waals surface area contributed by atoms with Crippen molar-refractivity contribution in [3.63, 3.8) is 0 Å². The van der Waals surface area contributed by atoms with E-state index in [1.807, 2.05) is 48.5 Å². The molecule has 0 fully saturated rings. The van der Waals surface area contributed by atoms with E-state index in [1.165, 1.54) is 19.8 Å². The summed E-state index contributed by atoms with van der Waals surface area (Å²) in [5, 5.41) is 3.46. The maximum absolute atomic E-state index is 12.1. The monoisotopic (exact) mass is 313 g/mol. The molecule has 2 rings (SSSR count). The number of hydrogen-bond donors (Lipinski definition) is 1. The molecule has 0 bridgehead atoms. The minimum Gasteiger partial charge on any atom is -0.467 e. The van der Waals surface area contributed by atoms with Crippen LogP contribution in [-0.2, 0) is 20.7 Å². The molecule has 0 saturated carbocycles. The Morgan fingerprint density at radius 2 is 1.70 bits per heavy atom. The minimum atomic E-state index is -0.729. The normalized spacial score (nSPS) is 13.2. The van der Waals surface area contributed by atoms with Crippen molar-refractivity contribution in [3.05, 3.63) is 65.7 Å². The molecule has 0 aromatic heterocycles. The van der Waals surface area contributed by atoms with E-state index in [2.05, 4.69) is 18.3 Å². The standard InChI is InChI=1S/C19H23NO3/c1-4-14-10-8-9-13-16(14)20-17(15-11-6-5-7-12-15)18(22-2)19(21)23-3/h5-13,17-18,20H,4H2,1-3H3/t17-,18-/m0/s1. The highest BCUT2D eigenvalue weighted by atomic mass is 16.6. The molecule has 1 N–H and O–H groups in total. The van der Waals surface area contributed by atoms with Gasteiger partial charge < -0.3 is 14.8 Å². The average Bonchev–Trinajstić information content (AvgIpc) is 2.62. The summed E-state index contributed by atoms with van der Waals surface area (Å²) in [6, 6.07) is 17.5. The van der Waals surface area contributed by atoms with Crippen LogP contribution in [0.3, 0.4) is 0 Å². The topological polar surface area (TPSA) is 47.6 Å². The zero-order valence-electron chi connectivity index (χ0n) is 13.8. The van der Waals surface area contributed by atoms with Crippen LogP contribution in [0.25, 0.3) is 0 Å². The number of ether oxygens (including phenoxy) is 2. The zero-order valence-corrected chi connectivity index (χ0v) is 13.8. The number of hydrogen-bond acceptors (Lipinski definition) is 4. The van der Waals surface area contributed by atoms with Crippen LogP contribution >= 0.6 is 0 Å². The molecule has 0 aliphatic rings. The Hall–Kier alpha value is -2.33. The lowest BCUT2D eigenvalue weighted by Crippen LogP contribution is -2.35.